The molecule has 1 aromatic rings. The lowest BCUT2D eigenvalue weighted by molar-refractivity contribution is -0.131. The van der Waals surface area contributed by atoms with E-state index in [1.165, 1.54) is 4.31 Å². The highest BCUT2D eigenvalue weighted by atomic mass is 32.2. The van der Waals surface area contributed by atoms with Gasteiger partial charge in [0.1, 0.15) is 5.82 Å². The van der Waals surface area contributed by atoms with Gasteiger partial charge < -0.3 is 14.7 Å². The van der Waals surface area contributed by atoms with Gasteiger partial charge in [-0.3, -0.25) is 4.79 Å². The van der Waals surface area contributed by atoms with Crippen molar-refractivity contribution in [2.24, 2.45) is 0 Å². The molecule has 8 nitrogen and oxygen atoms in total. The highest BCUT2D eigenvalue weighted by molar-refractivity contribution is 7.88. The Morgan fingerprint density at radius 3 is 2.36 bits per heavy atom. The van der Waals surface area contributed by atoms with Gasteiger partial charge in [0.25, 0.3) is 0 Å². The second-order valence-electron chi connectivity index (χ2n) is 6.46. The third-order valence-corrected chi connectivity index (χ3v) is 5.43. The molecule has 2 rings (SSSR count). The number of hydrogen-bond acceptors (Lipinski definition) is 6. The number of aromatic nitrogens is 1. The fraction of sp³-hybridized carbons (Fsp3) is 0.625. The monoisotopic (exact) mass is 369 g/mol. The summed E-state index contributed by atoms with van der Waals surface area (Å²) in [5.41, 5.74) is 0. The number of hydrogen-bond donors (Lipinski definition) is 0. The van der Waals surface area contributed by atoms with E-state index in [9.17, 15) is 13.2 Å². The number of anilines is 1. The summed E-state index contributed by atoms with van der Waals surface area (Å²) in [7, 11) is 0.339. The van der Waals surface area contributed by atoms with Gasteiger partial charge in [0.15, 0.2) is 0 Å². The Kier molecular flexibility index (Phi) is 6.74. The van der Waals surface area contributed by atoms with E-state index in [0.717, 1.165) is 12.1 Å². The van der Waals surface area contributed by atoms with Crippen LogP contribution in [-0.2, 0) is 14.8 Å². The molecule has 0 atom stereocenters. The molecule has 1 aliphatic rings. The van der Waals surface area contributed by atoms with E-state index in [1.807, 2.05) is 37.2 Å². The summed E-state index contributed by atoms with van der Waals surface area (Å²) in [6.45, 7) is 3.32. The van der Waals surface area contributed by atoms with Gasteiger partial charge in [-0.05, 0) is 26.2 Å². The van der Waals surface area contributed by atoms with Crippen LogP contribution in [0, 0.1) is 0 Å². The summed E-state index contributed by atoms with van der Waals surface area (Å²) in [4.78, 5) is 22.6. The van der Waals surface area contributed by atoms with Crippen LogP contribution in [0.2, 0.25) is 0 Å². The molecule has 2 heterocycles. The third-order valence-electron chi connectivity index (χ3n) is 4.18. The smallest absolute Gasteiger partial charge is 0.238 e. The Morgan fingerprint density at radius 1 is 1.16 bits per heavy atom. The first kappa shape index (κ1) is 19.6. The molecule has 0 spiro atoms. The summed E-state index contributed by atoms with van der Waals surface area (Å²) in [6, 6.07) is 5.76. The van der Waals surface area contributed by atoms with Gasteiger partial charge in [-0.25, -0.2) is 13.4 Å². The van der Waals surface area contributed by atoms with Crippen molar-refractivity contribution in [3.05, 3.63) is 24.4 Å². The Labute approximate surface area is 150 Å². The van der Waals surface area contributed by atoms with E-state index < -0.39 is 10.0 Å². The van der Waals surface area contributed by atoms with Gasteiger partial charge in [0.2, 0.25) is 15.9 Å². The lowest BCUT2D eigenvalue weighted by Crippen LogP contribution is -2.52. The molecule has 0 bridgehead atoms. The number of pyridine rings is 1. The maximum Gasteiger partial charge on any atom is 0.238 e. The molecule has 25 heavy (non-hydrogen) atoms. The van der Waals surface area contributed by atoms with Crippen LogP contribution in [0.15, 0.2) is 24.4 Å². The predicted molar refractivity (Wildman–Crippen MR) is 98.0 cm³/mol. The van der Waals surface area contributed by atoms with Crippen LogP contribution in [0.1, 0.15) is 0 Å². The standard InChI is InChI=1S/C16H27N5O3S/c1-18(2)8-13-21(25(3,23)24)14-16(22)20-11-9-19(10-12-20)15-6-4-5-7-17-15/h4-7H,8-14H2,1-3H3. The minimum atomic E-state index is -3.41. The van der Waals surface area contributed by atoms with Gasteiger partial charge in [0.05, 0.1) is 12.8 Å². The molecule has 1 aliphatic heterocycles. The van der Waals surface area contributed by atoms with Crippen LogP contribution in [0.4, 0.5) is 5.82 Å². The first-order chi connectivity index (χ1) is 11.8. The SMILES string of the molecule is CN(C)CCN(CC(=O)N1CCN(c2ccccn2)CC1)S(C)(=O)=O. The van der Waals surface area contributed by atoms with Gasteiger partial charge in [-0.1, -0.05) is 6.07 Å². The summed E-state index contributed by atoms with van der Waals surface area (Å²) < 4.78 is 25.1. The molecule has 0 aliphatic carbocycles. The lowest BCUT2D eigenvalue weighted by Gasteiger charge is -2.36. The number of sulfonamides is 1. The zero-order chi connectivity index (χ0) is 18.4. The summed E-state index contributed by atoms with van der Waals surface area (Å²) >= 11 is 0. The van der Waals surface area contributed by atoms with E-state index in [2.05, 4.69) is 9.88 Å². The summed E-state index contributed by atoms with van der Waals surface area (Å²) in [5, 5.41) is 0. The summed E-state index contributed by atoms with van der Waals surface area (Å²) in [5.74, 6) is 0.753. The molecule has 140 valence electrons. The van der Waals surface area contributed by atoms with Crippen molar-refractivity contribution >= 4 is 21.7 Å². The van der Waals surface area contributed by atoms with Crippen molar-refractivity contribution in [2.75, 3.05) is 71.1 Å². The van der Waals surface area contributed by atoms with Crippen molar-refractivity contribution < 1.29 is 13.2 Å². The third kappa shape index (κ3) is 5.94. The average Bonchev–Trinajstić information content (AvgIpc) is 2.58. The van der Waals surface area contributed by atoms with Crippen LogP contribution in [0.5, 0.6) is 0 Å². The predicted octanol–water partition coefficient (Wildman–Crippen LogP) is -0.447. The lowest BCUT2D eigenvalue weighted by atomic mass is 10.3. The quantitative estimate of drug-likeness (QED) is 0.648. The number of likely N-dealkylation sites (N-methyl/N-ethyl adjacent to an activating group) is 1. The molecular formula is C16H27N5O3S. The van der Waals surface area contributed by atoms with E-state index >= 15 is 0 Å². The molecule has 0 aromatic carbocycles. The minimum absolute atomic E-state index is 0.101. The molecule has 9 heteroatoms. The van der Waals surface area contributed by atoms with Crippen LogP contribution in [-0.4, -0.2) is 99.6 Å². The number of carbonyl (C=O) groups excluding carboxylic acids is 1. The average molecular weight is 369 g/mol. The topological polar surface area (TPSA) is 77.1 Å². The molecule has 0 saturated carbocycles. The van der Waals surface area contributed by atoms with Crippen LogP contribution < -0.4 is 4.90 Å². The zero-order valence-electron chi connectivity index (χ0n) is 15.1. The van der Waals surface area contributed by atoms with E-state index in [1.54, 1.807) is 11.1 Å². The molecule has 1 aromatic heterocycles. The number of carbonyl (C=O) groups is 1. The molecular weight excluding hydrogens is 342 g/mol. The van der Waals surface area contributed by atoms with Gasteiger partial charge in [0, 0.05) is 45.5 Å². The molecule has 1 fully saturated rings. The van der Waals surface area contributed by atoms with Crippen LogP contribution in [0.3, 0.4) is 0 Å². The zero-order valence-corrected chi connectivity index (χ0v) is 15.9. The van der Waals surface area contributed by atoms with E-state index in [4.69, 9.17) is 0 Å². The van der Waals surface area contributed by atoms with Crippen molar-refractivity contribution in [3.8, 4) is 0 Å². The number of amides is 1. The molecule has 1 amide bonds. The molecule has 0 unspecified atom stereocenters. The van der Waals surface area contributed by atoms with Gasteiger partial charge >= 0.3 is 0 Å². The first-order valence-electron chi connectivity index (χ1n) is 8.31. The van der Waals surface area contributed by atoms with Crippen LogP contribution in [0.25, 0.3) is 0 Å². The number of piperazine rings is 1. The maximum absolute atomic E-state index is 12.5. The second-order valence-corrected chi connectivity index (χ2v) is 8.44. The first-order valence-corrected chi connectivity index (χ1v) is 10.2. The number of nitrogens with zero attached hydrogens (tertiary/aromatic N) is 5. The van der Waals surface area contributed by atoms with Crippen molar-refractivity contribution in [2.45, 2.75) is 0 Å². The van der Waals surface area contributed by atoms with Crippen molar-refractivity contribution in [1.82, 2.24) is 19.1 Å². The Balaban J connectivity index is 1.90. The summed E-state index contributed by atoms with van der Waals surface area (Å²) in [6.07, 6.45) is 2.90. The van der Waals surface area contributed by atoms with E-state index in [-0.39, 0.29) is 12.5 Å². The number of rotatable bonds is 7. The van der Waals surface area contributed by atoms with Crippen molar-refractivity contribution in [3.63, 3.8) is 0 Å². The Bertz CT molecular complexity index is 658. The van der Waals surface area contributed by atoms with Crippen molar-refractivity contribution in [1.29, 1.82) is 0 Å². The fourth-order valence-corrected chi connectivity index (χ4v) is 3.41. The van der Waals surface area contributed by atoms with Gasteiger partial charge in [-0.15, -0.1) is 0 Å². The Hall–Kier alpha value is -1.71. The normalized spacial score (nSPS) is 15.9. The Morgan fingerprint density at radius 2 is 1.84 bits per heavy atom. The second kappa shape index (κ2) is 8.59. The molecule has 0 N–H and O–H groups in total. The highest BCUT2D eigenvalue weighted by Crippen LogP contribution is 2.13. The highest BCUT2D eigenvalue weighted by Gasteiger charge is 2.26. The maximum atomic E-state index is 12.5. The van der Waals surface area contributed by atoms with Crippen LogP contribution >= 0.6 is 0 Å². The molecule has 1 saturated heterocycles. The largest absolute Gasteiger partial charge is 0.353 e. The van der Waals surface area contributed by atoms with E-state index in [0.29, 0.717) is 39.3 Å². The fourth-order valence-electron chi connectivity index (χ4n) is 2.65. The molecule has 0 radical (unpaired) electrons. The minimum Gasteiger partial charge on any atom is -0.353 e. The van der Waals surface area contributed by atoms with Gasteiger partial charge in [-0.2, -0.15) is 4.31 Å².